The Bertz CT molecular complexity index is 248. The molecule has 0 aromatic carbocycles. The van der Waals surface area contributed by atoms with E-state index in [1.165, 1.54) is 12.2 Å². The highest BCUT2D eigenvalue weighted by molar-refractivity contribution is 6.00. The van der Waals surface area contributed by atoms with Crippen LogP contribution in [0.3, 0.4) is 0 Å². The lowest BCUT2D eigenvalue weighted by Crippen LogP contribution is -2.33. The van der Waals surface area contributed by atoms with Gasteiger partial charge in [-0.25, -0.2) is 0 Å². The van der Waals surface area contributed by atoms with E-state index in [0.29, 0.717) is 12.5 Å². The molecule has 0 saturated carbocycles. The molecule has 0 saturated heterocycles. The molecule has 78 valence electrons. The number of carbonyl (C=O) groups excluding carboxylic acids is 1. The third-order valence-electron chi connectivity index (χ3n) is 1.92. The van der Waals surface area contributed by atoms with Crippen LogP contribution in [0, 0.1) is 5.92 Å². The highest BCUT2D eigenvalue weighted by atomic mass is 16.7. The van der Waals surface area contributed by atoms with Crippen molar-refractivity contribution >= 4 is 5.78 Å². The second-order valence-corrected chi connectivity index (χ2v) is 3.70. The minimum absolute atomic E-state index is 0.0363. The van der Waals surface area contributed by atoms with Crippen molar-refractivity contribution in [2.75, 3.05) is 13.7 Å². The van der Waals surface area contributed by atoms with Crippen molar-refractivity contribution in [2.24, 2.45) is 5.92 Å². The first-order valence-corrected chi connectivity index (χ1v) is 4.69. The monoisotopic (exact) mass is 196 g/mol. The molecule has 0 bridgehead atoms. The summed E-state index contributed by atoms with van der Waals surface area (Å²) in [5, 5.41) is 0. The topological polar surface area (TPSA) is 35.5 Å². The van der Waals surface area contributed by atoms with E-state index in [1.807, 2.05) is 0 Å². The standard InChI is InChI=1S/C11H16O3/c1-9(2)8-14-11(13-3)6-4-10(12)5-7-11/h4-7,9H,8H2,1-3H3. The van der Waals surface area contributed by atoms with Crippen molar-refractivity contribution in [3.63, 3.8) is 0 Å². The van der Waals surface area contributed by atoms with E-state index in [9.17, 15) is 4.79 Å². The Labute approximate surface area is 84.4 Å². The van der Waals surface area contributed by atoms with Gasteiger partial charge in [0, 0.05) is 7.11 Å². The fourth-order valence-corrected chi connectivity index (χ4v) is 1.10. The molecule has 0 spiro atoms. The molecule has 0 N–H and O–H groups in total. The van der Waals surface area contributed by atoms with Crippen molar-refractivity contribution in [1.82, 2.24) is 0 Å². The van der Waals surface area contributed by atoms with Gasteiger partial charge in [-0.05, 0) is 30.2 Å². The van der Waals surface area contributed by atoms with E-state index in [4.69, 9.17) is 9.47 Å². The smallest absolute Gasteiger partial charge is 0.208 e. The highest BCUT2D eigenvalue weighted by Gasteiger charge is 2.27. The van der Waals surface area contributed by atoms with Crippen LogP contribution in [0.5, 0.6) is 0 Å². The fourth-order valence-electron chi connectivity index (χ4n) is 1.10. The molecule has 3 nitrogen and oxygen atoms in total. The number of hydrogen-bond acceptors (Lipinski definition) is 3. The van der Waals surface area contributed by atoms with Crippen LogP contribution in [0.4, 0.5) is 0 Å². The van der Waals surface area contributed by atoms with Gasteiger partial charge in [0.1, 0.15) is 0 Å². The van der Waals surface area contributed by atoms with Crippen LogP contribution in [0.2, 0.25) is 0 Å². The van der Waals surface area contributed by atoms with Crippen LogP contribution < -0.4 is 0 Å². The molecule has 0 aliphatic heterocycles. The van der Waals surface area contributed by atoms with Crippen molar-refractivity contribution in [3.05, 3.63) is 24.3 Å². The summed E-state index contributed by atoms with van der Waals surface area (Å²) < 4.78 is 10.8. The van der Waals surface area contributed by atoms with E-state index in [1.54, 1.807) is 19.3 Å². The maximum absolute atomic E-state index is 10.9. The molecular weight excluding hydrogens is 180 g/mol. The lowest BCUT2D eigenvalue weighted by atomic mass is 10.1. The molecular formula is C11H16O3. The maximum Gasteiger partial charge on any atom is 0.208 e. The number of hydrogen-bond donors (Lipinski definition) is 0. The third-order valence-corrected chi connectivity index (χ3v) is 1.92. The molecule has 1 aliphatic carbocycles. The summed E-state index contributed by atoms with van der Waals surface area (Å²) in [5.74, 6) is -0.453. The van der Waals surface area contributed by atoms with Gasteiger partial charge in [0.2, 0.25) is 5.79 Å². The third kappa shape index (κ3) is 2.79. The molecule has 0 aromatic rings. The first kappa shape index (κ1) is 11.1. The fraction of sp³-hybridized carbons (Fsp3) is 0.545. The molecule has 3 heteroatoms. The predicted molar refractivity (Wildman–Crippen MR) is 53.8 cm³/mol. The summed E-state index contributed by atoms with van der Waals surface area (Å²) in [6.45, 7) is 4.71. The summed E-state index contributed by atoms with van der Waals surface area (Å²) in [6.07, 6.45) is 6.20. The molecule has 0 heterocycles. The summed E-state index contributed by atoms with van der Waals surface area (Å²) >= 11 is 0. The predicted octanol–water partition coefficient (Wildman–Crippen LogP) is 1.70. The van der Waals surface area contributed by atoms with Crippen LogP contribution in [-0.2, 0) is 14.3 Å². The Hall–Kier alpha value is -0.930. The zero-order valence-corrected chi connectivity index (χ0v) is 8.82. The molecule has 0 fully saturated rings. The average Bonchev–Trinajstić information content (AvgIpc) is 2.18. The van der Waals surface area contributed by atoms with E-state index in [-0.39, 0.29) is 5.78 Å². The normalized spacial score (nSPS) is 19.3. The summed E-state index contributed by atoms with van der Waals surface area (Å²) in [7, 11) is 1.56. The van der Waals surface area contributed by atoms with Gasteiger partial charge >= 0.3 is 0 Å². The van der Waals surface area contributed by atoms with Gasteiger partial charge in [0.05, 0.1) is 6.61 Å². The number of methoxy groups -OCH3 is 1. The quantitative estimate of drug-likeness (QED) is 0.642. The van der Waals surface area contributed by atoms with Crippen molar-refractivity contribution in [2.45, 2.75) is 19.6 Å². The van der Waals surface area contributed by atoms with E-state index >= 15 is 0 Å². The van der Waals surface area contributed by atoms with E-state index in [0.717, 1.165) is 0 Å². The number of rotatable bonds is 4. The Morgan fingerprint density at radius 3 is 2.36 bits per heavy atom. The molecule has 0 atom stereocenters. The maximum atomic E-state index is 10.9. The van der Waals surface area contributed by atoms with Crippen LogP contribution in [0.25, 0.3) is 0 Å². The van der Waals surface area contributed by atoms with Gasteiger partial charge in [-0.15, -0.1) is 0 Å². The van der Waals surface area contributed by atoms with Gasteiger partial charge in [-0.3, -0.25) is 4.79 Å². The highest BCUT2D eigenvalue weighted by Crippen LogP contribution is 2.20. The largest absolute Gasteiger partial charge is 0.346 e. The Kier molecular flexibility index (Phi) is 3.61. The van der Waals surface area contributed by atoms with Gasteiger partial charge in [-0.2, -0.15) is 0 Å². The minimum Gasteiger partial charge on any atom is -0.346 e. The molecule has 14 heavy (non-hydrogen) atoms. The second kappa shape index (κ2) is 4.53. The second-order valence-electron chi connectivity index (χ2n) is 3.70. The van der Waals surface area contributed by atoms with Gasteiger partial charge in [0.15, 0.2) is 5.78 Å². The number of allylic oxidation sites excluding steroid dienone is 2. The van der Waals surface area contributed by atoms with Crippen LogP contribution in [0.1, 0.15) is 13.8 Å². The summed E-state index contributed by atoms with van der Waals surface area (Å²) in [4.78, 5) is 10.9. The zero-order valence-electron chi connectivity index (χ0n) is 8.82. The first-order chi connectivity index (χ1) is 6.58. The van der Waals surface area contributed by atoms with E-state index < -0.39 is 5.79 Å². The van der Waals surface area contributed by atoms with Gasteiger partial charge in [0.25, 0.3) is 0 Å². The first-order valence-electron chi connectivity index (χ1n) is 4.69. The molecule has 1 aliphatic rings. The summed E-state index contributed by atoms with van der Waals surface area (Å²) in [5.41, 5.74) is 0. The Morgan fingerprint density at radius 2 is 1.93 bits per heavy atom. The molecule has 0 radical (unpaired) electrons. The van der Waals surface area contributed by atoms with Gasteiger partial charge < -0.3 is 9.47 Å². The van der Waals surface area contributed by atoms with Crippen molar-refractivity contribution < 1.29 is 14.3 Å². The van der Waals surface area contributed by atoms with Crippen molar-refractivity contribution in [1.29, 1.82) is 0 Å². The Balaban J connectivity index is 2.64. The number of ketones is 1. The van der Waals surface area contributed by atoms with Crippen LogP contribution >= 0.6 is 0 Å². The number of carbonyl (C=O) groups is 1. The molecule has 0 unspecified atom stereocenters. The van der Waals surface area contributed by atoms with Crippen LogP contribution in [-0.4, -0.2) is 25.3 Å². The minimum atomic E-state index is -0.849. The lowest BCUT2D eigenvalue weighted by Gasteiger charge is -2.28. The lowest BCUT2D eigenvalue weighted by molar-refractivity contribution is -0.160. The molecule has 1 rings (SSSR count). The number of ether oxygens (including phenoxy) is 2. The zero-order chi connectivity index (χ0) is 10.6. The summed E-state index contributed by atoms with van der Waals surface area (Å²) in [6, 6.07) is 0. The average molecular weight is 196 g/mol. The Morgan fingerprint density at radius 1 is 1.36 bits per heavy atom. The molecule has 0 amide bonds. The molecule has 0 aromatic heterocycles. The van der Waals surface area contributed by atoms with Crippen molar-refractivity contribution in [3.8, 4) is 0 Å². The van der Waals surface area contributed by atoms with Gasteiger partial charge in [-0.1, -0.05) is 13.8 Å². The van der Waals surface area contributed by atoms with Crippen LogP contribution in [0.15, 0.2) is 24.3 Å². The van der Waals surface area contributed by atoms with E-state index in [2.05, 4.69) is 13.8 Å². The SMILES string of the molecule is COC1(OCC(C)C)C=CC(=O)C=C1.